The molecule has 2 nitrogen and oxygen atoms in total. The predicted octanol–water partition coefficient (Wildman–Crippen LogP) is 3.33. The first kappa shape index (κ1) is 9.80. The standard InChI is InChI=1S/C12H10O2S/c13-10-6-9(7-11(14)8-10)3-4-12-2-1-5-15-12/h1-8,13-14H/b4-3+. The summed E-state index contributed by atoms with van der Waals surface area (Å²) in [5.74, 6) is 0.140. The van der Waals surface area contributed by atoms with Crippen LogP contribution >= 0.6 is 11.3 Å². The summed E-state index contributed by atoms with van der Waals surface area (Å²) >= 11 is 1.64. The van der Waals surface area contributed by atoms with Crippen molar-refractivity contribution in [2.75, 3.05) is 0 Å². The van der Waals surface area contributed by atoms with Gasteiger partial charge in [-0.3, -0.25) is 0 Å². The van der Waals surface area contributed by atoms with Crippen LogP contribution in [0.5, 0.6) is 11.5 Å². The summed E-state index contributed by atoms with van der Waals surface area (Å²) < 4.78 is 0. The molecular formula is C12H10O2S. The minimum absolute atomic E-state index is 0.0702. The van der Waals surface area contributed by atoms with Crippen LogP contribution in [-0.4, -0.2) is 10.2 Å². The van der Waals surface area contributed by atoms with E-state index in [0.717, 1.165) is 10.4 Å². The molecule has 0 unspecified atom stereocenters. The highest BCUT2D eigenvalue weighted by molar-refractivity contribution is 7.10. The Kier molecular flexibility index (Phi) is 2.74. The maximum Gasteiger partial charge on any atom is 0.119 e. The van der Waals surface area contributed by atoms with Gasteiger partial charge in [0.1, 0.15) is 11.5 Å². The van der Waals surface area contributed by atoms with Gasteiger partial charge in [-0.25, -0.2) is 0 Å². The van der Waals surface area contributed by atoms with E-state index in [0.29, 0.717) is 0 Å². The zero-order valence-corrected chi connectivity index (χ0v) is 8.74. The second kappa shape index (κ2) is 4.19. The van der Waals surface area contributed by atoms with Gasteiger partial charge < -0.3 is 10.2 Å². The lowest BCUT2D eigenvalue weighted by Crippen LogP contribution is -1.72. The van der Waals surface area contributed by atoms with Crippen molar-refractivity contribution >= 4 is 23.5 Å². The third-order valence-electron chi connectivity index (χ3n) is 1.91. The highest BCUT2D eigenvalue weighted by Crippen LogP contribution is 2.22. The first-order chi connectivity index (χ1) is 7.24. The molecule has 3 heteroatoms. The van der Waals surface area contributed by atoms with E-state index in [1.807, 2.05) is 29.7 Å². The Hall–Kier alpha value is -1.74. The Morgan fingerprint density at radius 2 is 1.73 bits per heavy atom. The van der Waals surface area contributed by atoms with Gasteiger partial charge in [-0.2, -0.15) is 0 Å². The lowest BCUT2D eigenvalue weighted by molar-refractivity contribution is 0.450. The molecule has 0 aliphatic heterocycles. The smallest absolute Gasteiger partial charge is 0.119 e. The maximum atomic E-state index is 9.26. The number of phenolic OH excluding ortho intramolecular Hbond substituents is 2. The first-order valence-electron chi connectivity index (χ1n) is 4.49. The van der Waals surface area contributed by atoms with Gasteiger partial charge in [-0.05, 0) is 35.2 Å². The summed E-state index contributed by atoms with van der Waals surface area (Å²) in [6.07, 6.45) is 3.80. The van der Waals surface area contributed by atoms with Crippen molar-refractivity contribution in [2.45, 2.75) is 0 Å². The quantitative estimate of drug-likeness (QED) is 0.811. The molecule has 76 valence electrons. The van der Waals surface area contributed by atoms with Gasteiger partial charge in [0.05, 0.1) is 0 Å². The average Bonchev–Trinajstić information content (AvgIpc) is 2.65. The van der Waals surface area contributed by atoms with Crippen LogP contribution in [0.4, 0.5) is 0 Å². The molecule has 0 fully saturated rings. The van der Waals surface area contributed by atoms with Gasteiger partial charge in [-0.1, -0.05) is 12.1 Å². The molecule has 0 bridgehead atoms. The van der Waals surface area contributed by atoms with Crippen LogP contribution in [0.15, 0.2) is 35.7 Å². The SMILES string of the molecule is Oc1cc(O)cc(/C=C/c2cccs2)c1. The Morgan fingerprint density at radius 1 is 1.00 bits per heavy atom. The van der Waals surface area contributed by atoms with Crippen LogP contribution in [0.1, 0.15) is 10.4 Å². The summed E-state index contributed by atoms with van der Waals surface area (Å²) in [7, 11) is 0. The topological polar surface area (TPSA) is 40.5 Å². The van der Waals surface area contributed by atoms with E-state index in [9.17, 15) is 10.2 Å². The summed E-state index contributed by atoms with van der Waals surface area (Å²) in [4.78, 5) is 1.14. The normalized spacial score (nSPS) is 10.9. The van der Waals surface area contributed by atoms with Crippen LogP contribution < -0.4 is 0 Å². The van der Waals surface area contributed by atoms with Crippen molar-refractivity contribution in [1.29, 1.82) is 0 Å². The second-order valence-electron chi connectivity index (χ2n) is 3.13. The average molecular weight is 218 g/mol. The highest BCUT2D eigenvalue weighted by Gasteiger charge is 1.95. The number of phenols is 2. The van der Waals surface area contributed by atoms with E-state index in [1.54, 1.807) is 23.5 Å². The zero-order chi connectivity index (χ0) is 10.7. The Balaban J connectivity index is 2.24. The molecule has 2 aromatic rings. The van der Waals surface area contributed by atoms with Gasteiger partial charge in [0.2, 0.25) is 0 Å². The van der Waals surface area contributed by atoms with Crippen LogP contribution in [0.2, 0.25) is 0 Å². The van der Waals surface area contributed by atoms with E-state index < -0.39 is 0 Å². The van der Waals surface area contributed by atoms with Gasteiger partial charge in [-0.15, -0.1) is 11.3 Å². The van der Waals surface area contributed by atoms with Crippen molar-refractivity contribution in [2.24, 2.45) is 0 Å². The molecule has 0 saturated carbocycles. The molecule has 1 aromatic carbocycles. The number of rotatable bonds is 2. The molecule has 0 aliphatic rings. The van der Waals surface area contributed by atoms with Crippen molar-refractivity contribution in [3.05, 3.63) is 46.2 Å². The van der Waals surface area contributed by atoms with Crippen molar-refractivity contribution in [3.8, 4) is 11.5 Å². The molecule has 2 N–H and O–H groups in total. The number of aromatic hydroxyl groups is 2. The molecule has 0 aliphatic carbocycles. The molecule has 1 heterocycles. The van der Waals surface area contributed by atoms with Gasteiger partial charge >= 0.3 is 0 Å². The van der Waals surface area contributed by atoms with Crippen LogP contribution in [-0.2, 0) is 0 Å². The molecule has 2 rings (SSSR count). The number of thiophene rings is 1. The Morgan fingerprint density at radius 3 is 2.33 bits per heavy atom. The van der Waals surface area contributed by atoms with Crippen LogP contribution in [0.3, 0.4) is 0 Å². The van der Waals surface area contributed by atoms with Crippen LogP contribution in [0, 0.1) is 0 Å². The third-order valence-corrected chi connectivity index (χ3v) is 2.75. The molecule has 0 spiro atoms. The molecule has 0 amide bonds. The molecule has 0 saturated heterocycles. The highest BCUT2D eigenvalue weighted by atomic mass is 32.1. The van der Waals surface area contributed by atoms with Crippen molar-refractivity contribution < 1.29 is 10.2 Å². The molecule has 1 aromatic heterocycles. The fourth-order valence-electron chi connectivity index (χ4n) is 1.28. The fourth-order valence-corrected chi connectivity index (χ4v) is 1.90. The Bertz CT molecular complexity index is 452. The van der Waals surface area contributed by atoms with E-state index >= 15 is 0 Å². The molecule has 15 heavy (non-hydrogen) atoms. The summed E-state index contributed by atoms with van der Waals surface area (Å²) in [5.41, 5.74) is 0.779. The number of hydrogen-bond acceptors (Lipinski definition) is 3. The largest absolute Gasteiger partial charge is 0.508 e. The maximum absolute atomic E-state index is 9.26. The van der Waals surface area contributed by atoms with Crippen LogP contribution in [0.25, 0.3) is 12.2 Å². The van der Waals surface area contributed by atoms with E-state index in [-0.39, 0.29) is 11.5 Å². The lowest BCUT2D eigenvalue weighted by Gasteiger charge is -1.97. The minimum atomic E-state index is 0.0702. The summed E-state index contributed by atoms with van der Waals surface area (Å²) in [5, 5.41) is 20.5. The lowest BCUT2D eigenvalue weighted by atomic mass is 10.2. The minimum Gasteiger partial charge on any atom is -0.508 e. The monoisotopic (exact) mass is 218 g/mol. The third kappa shape index (κ3) is 2.60. The van der Waals surface area contributed by atoms with Crippen molar-refractivity contribution in [1.82, 2.24) is 0 Å². The summed E-state index contributed by atoms with van der Waals surface area (Å²) in [6.45, 7) is 0. The number of benzene rings is 1. The van der Waals surface area contributed by atoms with E-state index in [1.165, 1.54) is 6.07 Å². The van der Waals surface area contributed by atoms with Gasteiger partial charge in [0.15, 0.2) is 0 Å². The van der Waals surface area contributed by atoms with Gasteiger partial charge in [0, 0.05) is 10.9 Å². The van der Waals surface area contributed by atoms with E-state index in [2.05, 4.69) is 0 Å². The Labute approximate surface area is 91.8 Å². The van der Waals surface area contributed by atoms with Crippen molar-refractivity contribution in [3.63, 3.8) is 0 Å². The zero-order valence-electron chi connectivity index (χ0n) is 7.92. The molecule has 0 radical (unpaired) electrons. The van der Waals surface area contributed by atoms with E-state index in [4.69, 9.17) is 0 Å². The number of hydrogen-bond donors (Lipinski definition) is 2. The predicted molar refractivity (Wildman–Crippen MR) is 63.0 cm³/mol. The summed E-state index contributed by atoms with van der Waals surface area (Å²) in [6, 6.07) is 8.49. The first-order valence-corrected chi connectivity index (χ1v) is 5.36. The van der Waals surface area contributed by atoms with Gasteiger partial charge in [0.25, 0.3) is 0 Å². The fraction of sp³-hybridized carbons (Fsp3) is 0. The molecular weight excluding hydrogens is 208 g/mol. The molecule has 0 atom stereocenters. The second-order valence-corrected chi connectivity index (χ2v) is 4.11.